The number of urea groups is 1. The lowest BCUT2D eigenvalue weighted by Gasteiger charge is -2.50. The van der Waals surface area contributed by atoms with Crippen LogP contribution in [0.5, 0.6) is 0 Å². The normalized spacial score (nSPS) is 29.7. The molecular formula is C15H26N2O3. The molecular weight excluding hydrogens is 256 g/mol. The minimum absolute atomic E-state index is 0.0504. The minimum Gasteiger partial charge on any atom is -0.377 e. The van der Waals surface area contributed by atoms with Crippen molar-refractivity contribution in [3.8, 4) is 0 Å². The Labute approximate surface area is 121 Å². The maximum absolute atomic E-state index is 12.2. The Morgan fingerprint density at radius 3 is 3.10 bits per heavy atom. The average molecular weight is 282 g/mol. The first-order valence-electron chi connectivity index (χ1n) is 7.35. The number of hydrogen-bond acceptors (Lipinski definition) is 3. The first kappa shape index (κ1) is 15.3. The number of nitrogens with zero attached hydrogens (tertiary/aromatic N) is 2. The van der Waals surface area contributed by atoms with E-state index in [0.29, 0.717) is 13.2 Å². The number of carbonyl (C=O) groups excluding carboxylic acids is 1. The smallest absolute Gasteiger partial charge is 0.319 e. The Kier molecular flexibility index (Phi) is 5.05. The van der Waals surface area contributed by atoms with E-state index < -0.39 is 0 Å². The van der Waals surface area contributed by atoms with Gasteiger partial charge in [-0.2, -0.15) is 0 Å². The molecule has 2 aliphatic heterocycles. The van der Waals surface area contributed by atoms with Gasteiger partial charge in [0, 0.05) is 39.2 Å². The topological polar surface area (TPSA) is 42.0 Å². The third-order valence-electron chi connectivity index (χ3n) is 4.27. The monoisotopic (exact) mass is 282 g/mol. The van der Waals surface area contributed by atoms with Crippen molar-refractivity contribution in [2.45, 2.75) is 25.4 Å². The van der Waals surface area contributed by atoms with Crippen molar-refractivity contribution >= 4 is 6.03 Å². The number of piperidine rings is 1. The Morgan fingerprint density at radius 2 is 2.40 bits per heavy atom. The summed E-state index contributed by atoms with van der Waals surface area (Å²) < 4.78 is 11.7. The molecule has 5 heteroatoms. The second kappa shape index (κ2) is 6.59. The molecule has 2 heterocycles. The van der Waals surface area contributed by atoms with Crippen molar-refractivity contribution in [1.82, 2.24) is 9.80 Å². The van der Waals surface area contributed by atoms with Gasteiger partial charge in [-0.1, -0.05) is 6.08 Å². The van der Waals surface area contributed by atoms with E-state index >= 15 is 0 Å². The zero-order valence-electron chi connectivity index (χ0n) is 12.6. The number of likely N-dealkylation sites (tertiary alicyclic amines) is 1. The van der Waals surface area contributed by atoms with E-state index in [4.69, 9.17) is 9.47 Å². The van der Waals surface area contributed by atoms with Crippen LogP contribution in [-0.2, 0) is 9.47 Å². The molecule has 2 atom stereocenters. The maximum atomic E-state index is 12.2. The van der Waals surface area contributed by atoms with Crippen LogP contribution in [-0.4, -0.2) is 68.9 Å². The van der Waals surface area contributed by atoms with Gasteiger partial charge in [-0.05, 0) is 19.3 Å². The fourth-order valence-corrected chi connectivity index (χ4v) is 3.29. The molecule has 0 saturated carbocycles. The highest BCUT2D eigenvalue weighted by atomic mass is 16.5. The number of fused-ring (bicyclic) bond motifs is 1. The SMILES string of the molecule is C=CCOC[C@]12CCCO[C@H]1CCN(C(=O)N(C)C)C2. The molecule has 114 valence electrons. The van der Waals surface area contributed by atoms with E-state index in [2.05, 4.69) is 6.58 Å². The van der Waals surface area contributed by atoms with E-state index in [0.717, 1.165) is 39.0 Å². The third kappa shape index (κ3) is 3.15. The Bertz CT molecular complexity index is 359. The predicted octanol–water partition coefficient (Wildman–Crippen LogP) is 1.74. The Balaban J connectivity index is 2.07. The van der Waals surface area contributed by atoms with Gasteiger partial charge in [0.2, 0.25) is 0 Å². The Morgan fingerprint density at radius 1 is 1.60 bits per heavy atom. The van der Waals surface area contributed by atoms with Gasteiger partial charge < -0.3 is 19.3 Å². The maximum Gasteiger partial charge on any atom is 0.319 e. The summed E-state index contributed by atoms with van der Waals surface area (Å²) in [6.45, 7) is 7.20. The average Bonchev–Trinajstić information content (AvgIpc) is 2.46. The minimum atomic E-state index is -0.0504. The summed E-state index contributed by atoms with van der Waals surface area (Å²) in [4.78, 5) is 15.8. The second-order valence-corrected chi connectivity index (χ2v) is 6.02. The quantitative estimate of drug-likeness (QED) is 0.582. The molecule has 2 rings (SSSR count). The standard InChI is InChI=1S/C15H26N2O3/c1-4-9-19-12-15-7-5-10-20-13(15)6-8-17(11-15)14(18)16(2)3/h4,13H,1,5-12H2,2-3H3/t13-,15+/m0/s1. The molecule has 0 aliphatic carbocycles. The first-order chi connectivity index (χ1) is 9.59. The molecule has 0 unspecified atom stereocenters. The number of rotatable bonds is 4. The van der Waals surface area contributed by atoms with Crippen LogP contribution in [0.15, 0.2) is 12.7 Å². The van der Waals surface area contributed by atoms with Gasteiger partial charge >= 0.3 is 6.03 Å². The highest BCUT2D eigenvalue weighted by Crippen LogP contribution is 2.40. The lowest BCUT2D eigenvalue weighted by Crippen LogP contribution is -2.59. The van der Waals surface area contributed by atoms with Crippen molar-refractivity contribution in [3.63, 3.8) is 0 Å². The van der Waals surface area contributed by atoms with Crippen LogP contribution in [0.3, 0.4) is 0 Å². The molecule has 0 aromatic heterocycles. The van der Waals surface area contributed by atoms with Crippen LogP contribution in [0.25, 0.3) is 0 Å². The van der Waals surface area contributed by atoms with Crippen molar-refractivity contribution in [2.75, 3.05) is 47.0 Å². The molecule has 2 amide bonds. The molecule has 2 fully saturated rings. The van der Waals surface area contributed by atoms with Crippen molar-refractivity contribution in [2.24, 2.45) is 5.41 Å². The molecule has 0 radical (unpaired) electrons. The molecule has 5 nitrogen and oxygen atoms in total. The summed E-state index contributed by atoms with van der Waals surface area (Å²) in [6, 6.07) is 0.0807. The molecule has 0 N–H and O–H groups in total. The van der Waals surface area contributed by atoms with E-state index in [1.807, 2.05) is 4.90 Å². The molecule has 0 spiro atoms. The molecule has 0 aromatic rings. The van der Waals surface area contributed by atoms with Crippen LogP contribution in [0.1, 0.15) is 19.3 Å². The lowest BCUT2D eigenvalue weighted by atomic mass is 9.73. The van der Waals surface area contributed by atoms with E-state index in [1.165, 1.54) is 0 Å². The van der Waals surface area contributed by atoms with Crippen LogP contribution < -0.4 is 0 Å². The number of ether oxygens (including phenoxy) is 2. The van der Waals surface area contributed by atoms with Gasteiger partial charge in [0.05, 0.1) is 19.3 Å². The summed E-state index contributed by atoms with van der Waals surface area (Å²) in [5.74, 6) is 0. The summed E-state index contributed by atoms with van der Waals surface area (Å²) in [7, 11) is 3.60. The van der Waals surface area contributed by atoms with Crippen molar-refractivity contribution < 1.29 is 14.3 Å². The Hall–Kier alpha value is -1.07. The van der Waals surface area contributed by atoms with Crippen molar-refractivity contribution in [3.05, 3.63) is 12.7 Å². The van der Waals surface area contributed by atoms with E-state index in [1.54, 1.807) is 25.1 Å². The second-order valence-electron chi connectivity index (χ2n) is 6.02. The molecule has 2 saturated heterocycles. The molecule has 0 bridgehead atoms. The third-order valence-corrected chi connectivity index (χ3v) is 4.27. The predicted molar refractivity (Wildman–Crippen MR) is 77.7 cm³/mol. The molecule has 0 aromatic carbocycles. The number of hydrogen-bond donors (Lipinski definition) is 0. The van der Waals surface area contributed by atoms with Crippen molar-refractivity contribution in [1.29, 1.82) is 0 Å². The van der Waals surface area contributed by atoms with Crippen LogP contribution in [0.2, 0.25) is 0 Å². The van der Waals surface area contributed by atoms with Gasteiger partial charge in [-0.3, -0.25) is 0 Å². The molecule has 20 heavy (non-hydrogen) atoms. The summed E-state index contributed by atoms with van der Waals surface area (Å²) in [5.41, 5.74) is -0.0504. The summed E-state index contributed by atoms with van der Waals surface area (Å²) >= 11 is 0. The lowest BCUT2D eigenvalue weighted by molar-refractivity contribution is -0.145. The fourth-order valence-electron chi connectivity index (χ4n) is 3.29. The summed E-state index contributed by atoms with van der Waals surface area (Å²) in [5, 5.41) is 0. The first-order valence-corrected chi connectivity index (χ1v) is 7.35. The van der Waals surface area contributed by atoms with E-state index in [9.17, 15) is 4.79 Å². The van der Waals surface area contributed by atoms with Gasteiger partial charge in [0.1, 0.15) is 0 Å². The van der Waals surface area contributed by atoms with Gasteiger partial charge in [0.25, 0.3) is 0 Å². The zero-order valence-corrected chi connectivity index (χ0v) is 12.6. The number of amides is 2. The fraction of sp³-hybridized carbons (Fsp3) is 0.800. The summed E-state index contributed by atoms with van der Waals surface area (Å²) in [6.07, 6.45) is 4.98. The largest absolute Gasteiger partial charge is 0.377 e. The van der Waals surface area contributed by atoms with Gasteiger partial charge in [-0.25, -0.2) is 4.79 Å². The van der Waals surface area contributed by atoms with Gasteiger partial charge in [-0.15, -0.1) is 6.58 Å². The zero-order chi connectivity index (χ0) is 14.6. The van der Waals surface area contributed by atoms with Crippen LogP contribution >= 0.6 is 0 Å². The van der Waals surface area contributed by atoms with E-state index in [-0.39, 0.29) is 17.6 Å². The molecule has 2 aliphatic rings. The number of carbonyl (C=O) groups is 1. The highest BCUT2D eigenvalue weighted by molar-refractivity contribution is 5.74. The highest BCUT2D eigenvalue weighted by Gasteiger charge is 2.47. The van der Waals surface area contributed by atoms with Crippen LogP contribution in [0.4, 0.5) is 4.79 Å². The van der Waals surface area contributed by atoms with Crippen LogP contribution in [0, 0.1) is 5.41 Å². The van der Waals surface area contributed by atoms with Gasteiger partial charge in [0.15, 0.2) is 0 Å².